The van der Waals surface area contributed by atoms with E-state index in [9.17, 15) is 9.59 Å². The lowest BCUT2D eigenvalue weighted by Crippen LogP contribution is -2.29. The van der Waals surface area contributed by atoms with E-state index in [1.807, 2.05) is 6.07 Å². The molecular weight excluding hydrogens is 208 g/mol. The number of imide groups is 1. The summed E-state index contributed by atoms with van der Waals surface area (Å²) in [6.45, 7) is 0.584. The molecule has 0 N–H and O–H groups in total. The van der Waals surface area contributed by atoms with E-state index >= 15 is 0 Å². The number of cyclic esters (lactones) is 1. The number of carbonyl (C=O) groups excluding carboxylic acids is 2. The molecule has 1 aliphatic heterocycles. The van der Waals surface area contributed by atoms with Gasteiger partial charge in [0.2, 0.25) is 0 Å². The SMILES string of the molecule is O=C(/C=C/c1cccnc1)N1CCOC1=O. The van der Waals surface area contributed by atoms with Crippen molar-refractivity contribution in [2.24, 2.45) is 0 Å². The van der Waals surface area contributed by atoms with Gasteiger partial charge in [-0.1, -0.05) is 6.07 Å². The number of hydrogen-bond donors (Lipinski definition) is 0. The van der Waals surface area contributed by atoms with Crippen LogP contribution in [0.4, 0.5) is 4.79 Å². The second kappa shape index (κ2) is 4.57. The molecule has 1 saturated heterocycles. The molecule has 82 valence electrons. The average molecular weight is 218 g/mol. The molecule has 16 heavy (non-hydrogen) atoms. The Balaban J connectivity index is 2.02. The monoisotopic (exact) mass is 218 g/mol. The van der Waals surface area contributed by atoms with Crippen LogP contribution in [0.15, 0.2) is 30.6 Å². The molecule has 0 spiro atoms. The number of aromatic nitrogens is 1. The Morgan fingerprint density at radius 1 is 1.56 bits per heavy atom. The predicted molar refractivity (Wildman–Crippen MR) is 56.3 cm³/mol. The second-order valence-corrected chi connectivity index (χ2v) is 3.22. The number of ether oxygens (including phenoxy) is 1. The molecule has 5 heteroatoms. The van der Waals surface area contributed by atoms with Crippen LogP contribution in [-0.2, 0) is 9.53 Å². The summed E-state index contributed by atoms with van der Waals surface area (Å²) in [5.74, 6) is -0.369. The number of amides is 2. The van der Waals surface area contributed by atoms with Crippen molar-refractivity contribution in [3.05, 3.63) is 36.2 Å². The fourth-order valence-corrected chi connectivity index (χ4v) is 1.33. The van der Waals surface area contributed by atoms with E-state index in [0.717, 1.165) is 10.5 Å². The summed E-state index contributed by atoms with van der Waals surface area (Å²) in [7, 11) is 0. The van der Waals surface area contributed by atoms with Gasteiger partial charge in [0.1, 0.15) is 6.61 Å². The lowest BCUT2D eigenvalue weighted by atomic mass is 10.2. The quantitative estimate of drug-likeness (QED) is 0.697. The minimum Gasteiger partial charge on any atom is -0.447 e. The van der Waals surface area contributed by atoms with Crippen molar-refractivity contribution >= 4 is 18.1 Å². The summed E-state index contributed by atoms with van der Waals surface area (Å²) in [4.78, 5) is 27.6. The minimum atomic E-state index is -0.583. The van der Waals surface area contributed by atoms with Crippen LogP contribution in [-0.4, -0.2) is 35.0 Å². The van der Waals surface area contributed by atoms with E-state index in [0.29, 0.717) is 6.54 Å². The highest BCUT2D eigenvalue weighted by Crippen LogP contribution is 2.06. The Morgan fingerprint density at radius 3 is 3.06 bits per heavy atom. The van der Waals surface area contributed by atoms with Crippen LogP contribution in [0, 0.1) is 0 Å². The van der Waals surface area contributed by atoms with Gasteiger partial charge in [-0.2, -0.15) is 0 Å². The highest BCUT2D eigenvalue weighted by atomic mass is 16.6. The predicted octanol–water partition coefficient (Wildman–Crippen LogP) is 1.07. The Labute approximate surface area is 92.3 Å². The van der Waals surface area contributed by atoms with Crippen LogP contribution >= 0.6 is 0 Å². The fourth-order valence-electron chi connectivity index (χ4n) is 1.33. The molecule has 0 unspecified atom stereocenters. The molecule has 2 amide bonds. The number of carbonyl (C=O) groups is 2. The van der Waals surface area contributed by atoms with Gasteiger partial charge in [0.15, 0.2) is 0 Å². The number of hydrogen-bond acceptors (Lipinski definition) is 4. The van der Waals surface area contributed by atoms with Gasteiger partial charge in [0.05, 0.1) is 6.54 Å². The molecule has 1 aromatic heterocycles. The van der Waals surface area contributed by atoms with Crippen molar-refractivity contribution in [2.75, 3.05) is 13.2 Å². The summed E-state index contributed by atoms with van der Waals surface area (Å²) in [6, 6.07) is 3.59. The Kier molecular flexibility index (Phi) is 2.95. The Bertz CT molecular complexity index is 428. The average Bonchev–Trinajstić information content (AvgIpc) is 2.74. The van der Waals surface area contributed by atoms with Crippen LogP contribution in [0.5, 0.6) is 0 Å². The van der Waals surface area contributed by atoms with E-state index < -0.39 is 6.09 Å². The maximum absolute atomic E-state index is 11.5. The van der Waals surface area contributed by atoms with E-state index in [-0.39, 0.29) is 12.5 Å². The van der Waals surface area contributed by atoms with Crippen LogP contribution in [0.25, 0.3) is 6.08 Å². The highest BCUT2D eigenvalue weighted by Gasteiger charge is 2.26. The Morgan fingerprint density at radius 2 is 2.44 bits per heavy atom. The van der Waals surface area contributed by atoms with E-state index in [2.05, 4.69) is 9.72 Å². The molecule has 5 nitrogen and oxygen atoms in total. The lowest BCUT2D eigenvalue weighted by molar-refractivity contribution is -0.122. The minimum absolute atomic E-state index is 0.269. The van der Waals surface area contributed by atoms with Crippen molar-refractivity contribution in [1.82, 2.24) is 9.88 Å². The van der Waals surface area contributed by atoms with Gasteiger partial charge >= 0.3 is 6.09 Å². The zero-order valence-electron chi connectivity index (χ0n) is 8.50. The Hall–Kier alpha value is -2.17. The first-order valence-corrected chi connectivity index (χ1v) is 4.84. The summed E-state index contributed by atoms with van der Waals surface area (Å²) in [6.07, 6.45) is 5.65. The zero-order chi connectivity index (χ0) is 11.4. The molecule has 1 fully saturated rings. The third kappa shape index (κ3) is 2.25. The van der Waals surface area contributed by atoms with E-state index in [4.69, 9.17) is 0 Å². The maximum Gasteiger partial charge on any atom is 0.416 e. The van der Waals surface area contributed by atoms with Crippen LogP contribution < -0.4 is 0 Å². The molecule has 2 rings (SSSR count). The molecular formula is C11H10N2O3. The van der Waals surface area contributed by atoms with Crippen molar-refractivity contribution in [3.63, 3.8) is 0 Å². The molecule has 1 aliphatic rings. The topological polar surface area (TPSA) is 59.5 Å². The van der Waals surface area contributed by atoms with Crippen molar-refractivity contribution in [1.29, 1.82) is 0 Å². The second-order valence-electron chi connectivity index (χ2n) is 3.22. The molecule has 0 aliphatic carbocycles. The normalized spacial score (nSPS) is 15.5. The lowest BCUT2D eigenvalue weighted by Gasteiger charge is -2.06. The number of pyridine rings is 1. The molecule has 0 radical (unpaired) electrons. The van der Waals surface area contributed by atoms with Crippen molar-refractivity contribution < 1.29 is 14.3 Å². The van der Waals surface area contributed by atoms with Gasteiger partial charge in [0.25, 0.3) is 5.91 Å². The van der Waals surface area contributed by atoms with Crippen LogP contribution in [0.3, 0.4) is 0 Å². The first-order valence-electron chi connectivity index (χ1n) is 4.84. The third-order valence-corrected chi connectivity index (χ3v) is 2.13. The first kappa shape index (κ1) is 10.4. The van der Waals surface area contributed by atoms with Crippen molar-refractivity contribution in [3.8, 4) is 0 Å². The van der Waals surface area contributed by atoms with E-state index in [1.165, 1.54) is 6.08 Å². The largest absolute Gasteiger partial charge is 0.447 e. The molecule has 2 heterocycles. The summed E-state index contributed by atoms with van der Waals surface area (Å²) < 4.78 is 4.66. The first-order chi connectivity index (χ1) is 7.77. The van der Waals surface area contributed by atoms with Gasteiger partial charge in [-0.05, 0) is 17.7 Å². The van der Waals surface area contributed by atoms with Crippen LogP contribution in [0.2, 0.25) is 0 Å². The summed E-state index contributed by atoms with van der Waals surface area (Å²) in [5, 5.41) is 0. The molecule has 0 aromatic carbocycles. The van der Waals surface area contributed by atoms with Gasteiger partial charge < -0.3 is 4.74 Å². The van der Waals surface area contributed by atoms with Gasteiger partial charge in [0, 0.05) is 18.5 Å². The summed E-state index contributed by atoms with van der Waals surface area (Å²) >= 11 is 0. The maximum atomic E-state index is 11.5. The molecule has 0 atom stereocenters. The zero-order valence-corrected chi connectivity index (χ0v) is 8.50. The standard InChI is InChI=1S/C11H10N2O3/c14-10(13-6-7-16-11(13)15)4-3-9-2-1-5-12-8-9/h1-5,8H,6-7H2/b4-3+. The third-order valence-electron chi connectivity index (χ3n) is 2.13. The number of nitrogens with zero attached hydrogens (tertiary/aromatic N) is 2. The smallest absolute Gasteiger partial charge is 0.416 e. The van der Waals surface area contributed by atoms with Gasteiger partial charge in [-0.3, -0.25) is 9.78 Å². The van der Waals surface area contributed by atoms with Crippen LogP contribution in [0.1, 0.15) is 5.56 Å². The molecule has 0 bridgehead atoms. The highest BCUT2D eigenvalue weighted by molar-refractivity contribution is 6.01. The van der Waals surface area contributed by atoms with Crippen molar-refractivity contribution in [2.45, 2.75) is 0 Å². The van der Waals surface area contributed by atoms with E-state index in [1.54, 1.807) is 24.5 Å². The molecule has 0 saturated carbocycles. The van der Waals surface area contributed by atoms with Gasteiger partial charge in [-0.15, -0.1) is 0 Å². The fraction of sp³-hybridized carbons (Fsp3) is 0.182. The number of rotatable bonds is 2. The molecule has 1 aromatic rings. The summed E-state index contributed by atoms with van der Waals surface area (Å²) in [5.41, 5.74) is 0.809. The van der Waals surface area contributed by atoms with Gasteiger partial charge in [-0.25, -0.2) is 9.69 Å².